The van der Waals surface area contributed by atoms with Crippen molar-refractivity contribution in [3.05, 3.63) is 22.7 Å². The standard InChI is InChI=1S/C12H15N3O2/c16-10-3-9(13-5-14-10)15-4-7-1-6-2-8(7)11(15)12(6)17/h3,5-8,11-12,17H,1-2,4H2,(H,13,14,16). The van der Waals surface area contributed by atoms with Crippen molar-refractivity contribution < 1.29 is 5.11 Å². The zero-order valence-corrected chi connectivity index (χ0v) is 9.41. The van der Waals surface area contributed by atoms with Crippen molar-refractivity contribution in [2.45, 2.75) is 25.0 Å². The van der Waals surface area contributed by atoms with Gasteiger partial charge < -0.3 is 15.0 Å². The molecule has 5 atom stereocenters. The van der Waals surface area contributed by atoms with Crippen molar-refractivity contribution in [1.82, 2.24) is 9.97 Å². The summed E-state index contributed by atoms with van der Waals surface area (Å²) in [5, 5.41) is 10.3. The van der Waals surface area contributed by atoms with Gasteiger partial charge in [-0.1, -0.05) is 0 Å². The van der Waals surface area contributed by atoms with Crippen molar-refractivity contribution in [2.75, 3.05) is 11.4 Å². The van der Waals surface area contributed by atoms with Crippen LogP contribution >= 0.6 is 0 Å². The summed E-state index contributed by atoms with van der Waals surface area (Å²) in [6.45, 7) is 0.944. The molecule has 4 rings (SSSR count). The van der Waals surface area contributed by atoms with Crippen molar-refractivity contribution in [2.24, 2.45) is 17.8 Å². The van der Waals surface area contributed by atoms with Gasteiger partial charge in [-0.25, -0.2) is 4.98 Å². The molecular formula is C12H15N3O2. The van der Waals surface area contributed by atoms with E-state index in [0.29, 0.717) is 23.6 Å². The molecular weight excluding hydrogens is 218 g/mol. The highest BCUT2D eigenvalue weighted by molar-refractivity contribution is 5.43. The number of aromatic nitrogens is 2. The Morgan fingerprint density at radius 3 is 3.06 bits per heavy atom. The largest absolute Gasteiger partial charge is 0.391 e. The van der Waals surface area contributed by atoms with E-state index >= 15 is 0 Å². The summed E-state index contributed by atoms with van der Waals surface area (Å²) in [7, 11) is 0. The number of fused-ring (bicyclic) bond motifs is 1. The number of aromatic amines is 1. The number of nitrogens with zero attached hydrogens (tertiary/aromatic N) is 2. The first-order chi connectivity index (χ1) is 8.24. The van der Waals surface area contributed by atoms with Crippen molar-refractivity contribution >= 4 is 5.82 Å². The Labute approximate surface area is 98.5 Å². The summed E-state index contributed by atoms with van der Waals surface area (Å²) >= 11 is 0. The van der Waals surface area contributed by atoms with Gasteiger partial charge >= 0.3 is 0 Å². The molecule has 5 unspecified atom stereocenters. The first-order valence-electron chi connectivity index (χ1n) is 6.23. The molecule has 5 heteroatoms. The van der Waals surface area contributed by atoms with Gasteiger partial charge in [-0.2, -0.15) is 0 Å². The maximum absolute atomic E-state index is 11.3. The maximum atomic E-state index is 11.3. The van der Waals surface area contributed by atoms with Gasteiger partial charge in [0.15, 0.2) is 0 Å². The maximum Gasteiger partial charge on any atom is 0.252 e. The number of anilines is 1. The predicted octanol–water partition coefficient (Wildman–Crippen LogP) is -0.0246. The van der Waals surface area contributed by atoms with Gasteiger partial charge in [0.05, 0.1) is 18.5 Å². The minimum Gasteiger partial charge on any atom is -0.391 e. The summed E-state index contributed by atoms with van der Waals surface area (Å²) in [4.78, 5) is 20.2. The van der Waals surface area contributed by atoms with Crippen LogP contribution in [0.4, 0.5) is 5.82 Å². The van der Waals surface area contributed by atoms with Crippen LogP contribution in [0.25, 0.3) is 0 Å². The van der Waals surface area contributed by atoms with E-state index in [1.807, 2.05) is 0 Å². The molecule has 3 fully saturated rings. The molecule has 0 radical (unpaired) electrons. The highest BCUT2D eigenvalue weighted by Gasteiger charge is 2.59. The van der Waals surface area contributed by atoms with E-state index in [1.165, 1.54) is 12.4 Å². The van der Waals surface area contributed by atoms with Crippen LogP contribution in [-0.4, -0.2) is 33.8 Å². The lowest BCUT2D eigenvalue weighted by Crippen LogP contribution is -2.41. The molecule has 1 saturated heterocycles. The minimum absolute atomic E-state index is 0.127. The van der Waals surface area contributed by atoms with Gasteiger partial charge in [0.1, 0.15) is 5.82 Å². The molecule has 2 aliphatic carbocycles. The fraction of sp³-hybridized carbons (Fsp3) is 0.667. The third-order valence-corrected chi connectivity index (χ3v) is 4.81. The van der Waals surface area contributed by atoms with Crippen LogP contribution in [-0.2, 0) is 0 Å². The van der Waals surface area contributed by atoms with Crippen LogP contribution < -0.4 is 10.5 Å². The van der Waals surface area contributed by atoms with Crippen LogP contribution in [0.3, 0.4) is 0 Å². The van der Waals surface area contributed by atoms with Crippen LogP contribution in [0.15, 0.2) is 17.2 Å². The first kappa shape index (κ1) is 9.65. The summed E-state index contributed by atoms with van der Waals surface area (Å²) in [5.41, 5.74) is -0.127. The quantitative estimate of drug-likeness (QED) is 0.715. The van der Waals surface area contributed by atoms with E-state index < -0.39 is 0 Å². The normalized spacial score (nSPS) is 42.4. The molecule has 3 aliphatic rings. The summed E-state index contributed by atoms with van der Waals surface area (Å²) in [6.07, 6.45) is 3.49. The number of aliphatic hydroxyl groups excluding tert-OH is 1. The van der Waals surface area contributed by atoms with E-state index in [9.17, 15) is 9.90 Å². The second kappa shape index (κ2) is 3.10. The zero-order chi connectivity index (χ0) is 11.6. The van der Waals surface area contributed by atoms with Gasteiger partial charge in [-0.3, -0.25) is 4.79 Å². The molecule has 17 heavy (non-hydrogen) atoms. The molecule has 2 saturated carbocycles. The van der Waals surface area contributed by atoms with Crippen LogP contribution in [0.5, 0.6) is 0 Å². The average Bonchev–Trinajstić information content (AvgIpc) is 2.89. The monoisotopic (exact) mass is 233 g/mol. The molecule has 1 aromatic rings. The van der Waals surface area contributed by atoms with Gasteiger partial charge in [-0.15, -0.1) is 0 Å². The summed E-state index contributed by atoms with van der Waals surface area (Å²) < 4.78 is 0. The molecule has 2 bridgehead atoms. The lowest BCUT2D eigenvalue weighted by molar-refractivity contribution is 0.0965. The predicted molar refractivity (Wildman–Crippen MR) is 61.7 cm³/mol. The van der Waals surface area contributed by atoms with E-state index in [2.05, 4.69) is 14.9 Å². The Bertz CT molecular complexity index is 512. The Morgan fingerprint density at radius 2 is 2.29 bits per heavy atom. The Morgan fingerprint density at radius 1 is 1.41 bits per heavy atom. The SMILES string of the molecule is O=c1cc(N2CC3CC4CC3C2C4O)nc[nH]1. The molecule has 1 aromatic heterocycles. The van der Waals surface area contributed by atoms with Crippen molar-refractivity contribution in [3.8, 4) is 0 Å². The Kier molecular flexibility index (Phi) is 1.76. The van der Waals surface area contributed by atoms with Crippen molar-refractivity contribution in [3.63, 3.8) is 0 Å². The van der Waals surface area contributed by atoms with Crippen LogP contribution in [0, 0.1) is 17.8 Å². The summed E-state index contributed by atoms with van der Waals surface area (Å²) in [5.74, 6) is 2.49. The second-order valence-corrected chi connectivity index (χ2v) is 5.56. The highest BCUT2D eigenvalue weighted by Crippen LogP contribution is 2.55. The number of hydrogen-bond acceptors (Lipinski definition) is 4. The fourth-order valence-corrected chi connectivity index (χ4v) is 4.19. The van der Waals surface area contributed by atoms with Crippen LogP contribution in [0.2, 0.25) is 0 Å². The lowest BCUT2D eigenvalue weighted by atomic mass is 9.88. The van der Waals surface area contributed by atoms with E-state index in [-0.39, 0.29) is 17.7 Å². The molecule has 90 valence electrons. The van der Waals surface area contributed by atoms with E-state index in [0.717, 1.165) is 19.4 Å². The van der Waals surface area contributed by atoms with Gasteiger partial charge in [0.25, 0.3) is 5.56 Å². The molecule has 5 nitrogen and oxygen atoms in total. The van der Waals surface area contributed by atoms with E-state index in [1.54, 1.807) is 0 Å². The van der Waals surface area contributed by atoms with E-state index in [4.69, 9.17) is 0 Å². The molecule has 0 spiro atoms. The number of hydrogen-bond donors (Lipinski definition) is 2. The van der Waals surface area contributed by atoms with Gasteiger partial charge in [0.2, 0.25) is 0 Å². The first-order valence-corrected chi connectivity index (χ1v) is 6.23. The van der Waals surface area contributed by atoms with Crippen molar-refractivity contribution in [1.29, 1.82) is 0 Å². The molecule has 0 aromatic carbocycles. The molecule has 0 amide bonds. The van der Waals surface area contributed by atoms with Crippen LogP contribution in [0.1, 0.15) is 12.8 Å². The lowest BCUT2D eigenvalue weighted by Gasteiger charge is -2.29. The highest BCUT2D eigenvalue weighted by atomic mass is 16.3. The molecule has 2 heterocycles. The second-order valence-electron chi connectivity index (χ2n) is 5.56. The number of H-pyrrole nitrogens is 1. The Balaban J connectivity index is 1.75. The van der Waals surface area contributed by atoms with Gasteiger partial charge in [-0.05, 0) is 30.6 Å². The number of rotatable bonds is 1. The summed E-state index contributed by atoms with van der Waals surface area (Å²) in [6, 6.07) is 1.72. The zero-order valence-electron chi connectivity index (χ0n) is 9.41. The third kappa shape index (κ3) is 1.17. The number of aliphatic hydroxyl groups is 1. The average molecular weight is 233 g/mol. The number of nitrogens with one attached hydrogen (secondary N) is 1. The molecule has 2 N–H and O–H groups in total. The smallest absolute Gasteiger partial charge is 0.252 e. The van der Waals surface area contributed by atoms with Gasteiger partial charge in [0, 0.05) is 12.6 Å². The third-order valence-electron chi connectivity index (χ3n) is 4.81. The fourth-order valence-electron chi connectivity index (χ4n) is 4.19. The Hall–Kier alpha value is -1.36. The minimum atomic E-state index is -0.236. The topological polar surface area (TPSA) is 69.2 Å². The molecule has 1 aliphatic heterocycles.